The molecule has 2 aromatic heterocycles. The van der Waals surface area contributed by atoms with Gasteiger partial charge in [-0.2, -0.15) is 5.10 Å². The molecule has 4 rings (SSSR count). The Morgan fingerprint density at radius 2 is 1.96 bits per heavy atom. The number of H-pyrrole nitrogens is 1. The first-order chi connectivity index (χ1) is 11.2. The molecular weight excluding hydrogens is 282 g/mol. The molecule has 0 spiro atoms. The third-order valence-electron chi connectivity index (χ3n) is 4.37. The van der Waals surface area contributed by atoms with Crippen molar-refractivity contribution in [2.24, 2.45) is 0 Å². The lowest BCUT2D eigenvalue weighted by atomic mass is 9.94. The van der Waals surface area contributed by atoms with Crippen molar-refractivity contribution < 1.29 is 0 Å². The van der Waals surface area contributed by atoms with Gasteiger partial charge in [0, 0.05) is 12.6 Å². The van der Waals surface area contributed by atoms with Crippen molar-refractivity contribution in [3.05, 3.63) is 71.5 Å². The maximum atomic E-state index is 4.44. The summed E-state index contributed by atoms with van der Waals surface area (Å²) in [5.41, 5.74) is 5.63. The highest BCUT2D eigenvalue weighted by Crippen LogP contribution is 2.27. The van der Waals surface area contributed by atoms with Gasteiger partial charge in [-0.05, 0) is 39.9 Å². The summed E-state index contributed by atoms with van der Waals surface area (Å²) in [6.07, 6.45) is 2.63. The van der Waals surface area contributed by atoms with E-state index in [1.54, 1.807) is 0 Å². The standard InChI is InChI=1S/C20H19N3/c1-13(2)16-6-3-5-15-11-14(8-9-17(15)16)12-19-20-18(22-23-19)7-4-10-21-20/h3-11,13H,12H2,1-2H3,(H,22,23). The first-order valence-corrected chi connectivity index (χ1v) is 8.02. The molecule has 2 heterocycles. The van der Waals surface area contributed by atoms with E-state index in [2.05, 4.69) is 65.4 Å². The van der Waals surface area contributed by atoms with Crippen molar-refractivity contribution in [2.45, 2.75) is 26.2 Å². The number of rotatable bonds is 3. The molecule has 23 heavy (non-hydrogen) atoms. The van der Waals surface area contributed by atoms with Gasteiger partial charge in [0.15, 0.2) is 0 Å². The Bertz CT molecular complexity index is 982. The van der Waals surface area contributed by atoms with Gasteiger partial charge in [0.1, 0.15) is 11.0 Å². The molecule has 3 heteroatoms. The molecule has 0 aliphatic carbocycles. The minimum absolute atomic E-state index is 0.533. The minimum Gasteiger partial charge on any atom is -0.279 e. The predicted octanol–water partition coefficient (Wildman–Crippen LogP) is 4.83. The number of fused-ring (bicyclic) bond motifs is 2. The zero-order valence-corrected chi connectivity index (χ0v) is 13.4. The van der Waals surface area contributed by atoms with Crippen LogP contribution in [-0.2, 0) is 6.42 Å². The normalized spacial score (nSPS) is 11.6. The zero-order valence-electron chi connectivity index (χ0n) is 13.4. The SMILES string of the molecule is CC(C)c1cccc2cc(Cc3[nH]nc4cccnc34)ccc12. The van der Waals surface area contributed by atoms with E-state index in [1.165, 1.54) is 21.9 Å². The number of benzene rings is 2. The largest absolute Gasteiger partial charge is 0.279 e. The Morgan fingerprint density at radius 3 is 2.83 bits per heavy atom. The Labute approximate surface area is 135 Å². The second-order valence-corrected chi connectivity index (χ2v) is 6.31. The molecule has 0 amide bonds. The minimum atomic E-state index is 0.533. The first-order valence-electron chi connectivity index (χ1n) is 8.02. The molecule has 114 valence electrons. The quantitative estimate of drug-likeness (QED) is 0.589. The van der Waals surface area contributed by atoms with E-state index in [0.29, 0.717) is 5.92 Å². The van der Waals surface area contributed by atoms with Gasteiger partial charge in [-0.25, -0.2) is 0 Å². The molecule has 0 saturated heterocycles. The number of nitrogens with zero attached hydrogens (tertiary/aromatic N) is 2. The van der Waals surface area contributed by atoms with E-state index in [-0.39, 0.29) is 0 Å². The summed E-state index contributed by atoms with van der Waals surface area (Å²) in [6.45, 7) is 4.48. The van der Waals surface area contributed by atoms with Crippen LogP contribution in [0.25, 0.3) is 21.8 Å². The maximum Gasteiger partial charge on any atom is 0.112 e. The van der Waals surface area contributed by atoms with Crippen LogP contribution in [0.1, 0.15) is 36.6 Å². The van der Waals surface area contributed by atoms with Crippen LogP contribution in [0, 0.1) is 0 Å². The molecule has 0 atom stereocenters. The van der Waals surface area contributed by atoms with Crippen molar-refractivity contribution in [3.63, 3.8) is 0 Å². The van der Waals surface area contributed by atoms with Gasteiger partial charge in [0.25, 0.3) is 0 Å². The Hall–Kier alpha value is -2.68. The monoisotopic (exact) mass is 301 g/mol. The van der Waals surface area contributed by atoms with E-state index >= 15 is 0 Å². The van der Waals surface area contributed by atoms with Gasteiger partial charge in [-0.15, -0.1) is 0 Å². The summed E-state index contributed by atoms with van der Waals surface area (Å²) in [6, 6.07) is 17.2. The first kappa shape index (κ1) is 13.9. The van der Waals surface area contributed by atoms with Gasteiger partial charge < -0.3 is 0 Å². The van der Waals surface area contributed by atoms with Gasteiger partial charge in [0.2, 0.25) is 0 Å². The highest BCUT2D eigenvalue weighted by molar-refractivity contribution is 5.87. The average Bonchev–Trinajstić information content (AvgIpc) is 2.97. The summed E-state index contributed by atoms with van der Waals surface area (Å²) in [4.78, 5) is 4.44. The maximum absolute atomic E-state index is 4.44. The fraction of sp³-hybridized carbons (Fsp3) is 0.200. The Balaban J connectivity index is 1.75. The van der Waals surface area contributed by atoms with Crippen LogP contribution in [0.2, 0.25) is 0 Å². The molecule has 2 aromatic carbocycles. The Morgan fingerprint density at radius 1 is 1.04 bits per heavy atom. The third kappa shape index (κ3) is 2.48. The fourth-order valence-corrected chi connectivity index (χ4v) is 3.20. The van der Waals surface area contributed by atoms with E-state index < -0.39 is 0 Å². The molecular formula is C20H19N3. The lowest BCUT2D eigenvalue weighted by molar-refractivity contribution is 0.876. The molecule has 0 unspecified atom stereocenters. The van der Waals surface area contributed by atoms with Gasteiger partial charge >= 0.3 is 0 Å². The summed E-state index contributed by atoms with van der Waals surface area (Å²) in [5.74, 6) is 0.533. The fourth-order valence-electron chi connectivity index (χ4n) is 3.20. The van der Waals surface area contributed by atoms with Crippen LogP contribution in [-0.4, -0.2) is 15.2 Å². The summed E-state index contributed by atoms with van der Waals surface area (Å²) < 4.78 is 0. The molecule has 4 aromatic rings. The third-order valence-corrected chi connectivity index (χ3v) is 4.37. The average molecular weight is 301 g/mol. The highest BCUT2D eigenvalue weighted by Gasteiger charge is 2.09. The van der Waals surface area contributed by atoms with E-state index in [0.717, 1.165) is 23.1 Å². The molecule has 0 bridgehead atoms. The van der Waals surface area contributed by atoms with Crippen LogP contribution in [0.3, 0.4) is 0 Å². The number of pyridine rings is 1. The van der Waals surface area contributed by atoms with Gasteiger partial charge in [-0.1, -0.05) is 50.2 Å². The summed E-state index contributed by atoms with van der Waals surface area (Å²) in [7, 11) is 0. The van der Waals surface area contributed by atoms with E-state index in [1.807, 2.05) is 18.3 Å². The van der Waals surface area contributed by atoms with Crippen molar-refractivity contribution >= 4 is 21.8 Å². The van der Waals surface area contributed by atoms with Crippen molar-refractivity contribution in [2.75, 3.05) is 0 Å². The molecule has 1 N–H and O–H groups in total. The molecule has 0 aliphatic heterocycles. The second kappa shape index (κ2) is 5.51. The number of hydrogen-bond donors (Lipinski definition) is 1. The van der Waals surface area contributed by atoms with E-state index in [4.69, 9.17) is 0 Å². The predicted molar refractivity (Wildman–Crippen MR) is 94.7 cm³/mol. The van der Waals surface area contributed by atoms with Crippen LogP contribution in [0.15, 0.2) is 54.7 Å². The van der Waals surface area contributed by atoms with Crippen LogP contribution < -0.4 is 0 Å². The van der Waals surface area contributed by atoms with Crippen molar-refractivity contribution in [3.8, 4) is 0 Å². The van der Waals surface area contributed by atoms with E-state index in [9.17, 15) is 0 Å². The molecule has 0 fully saturated rings. The number of nitrogens with one attached hydrogen (secondary N) is 1. The van der Waals surface area contributed by atoms with Crippen LogP contribution in [0.4, 0.5) is 0 Å². The molecule has 3 nitrogen and oxygen atoms in total. The number of aromatic amines is 1. The van der Waals surface area contributed by atoms with Gasteiger partial charge in [-0.3, -0.25) is 10.1 Å². The van der Waals surface area contributed by atoms with Crippen molar-refractivity contribution in [1.29, 1.82) is 0 Å². The summed E-state index contributed by atoms with van der Waals surface area (Å²) in [5, 5.41) is 10.1. The molecule has 0 aliphatic rings. The lowest BCUT2D eigenvalue weighted by Crippen LogP contribution is -1.93. The van der Waals surface area contributed by atoms with Crippen molar-refractivity contribution in [1.82, 2.24) is 15.2 Å². The lowest BCUT2D eigenvalue weighted by Gasteiger charge is -2.11. The van der Waals surface area contributed by atoms with Crippen LogP contribution >= 0.6 is 0 Å². The molecule has 0 radical (unpaired) electrons. The zero-order chi connectivity index (χ0) is 15.8. The smallest absolute Gasteiger partial charge is 0.112 e. The number of aromatic nitrogens is 3. The number of hydrogen-bond acceptors (Lipinski definition) is 2. The second-order valence-electron chi connectivity index (χ2n) is 6.31. The van der Waals surface area contributed by atoms with Gasteiger partial charge in [0.05, 0.1) is 5.69 Å². The topological polar surface area (TPSA) is 41.6 Å². The summed E-state index contributed by atoms with van der Waals surface area (Å²) >= 11 is 0. The molecule has 0 saturated carbocycles. The van der Waals surface area contributed by atoms with Crippen LogP contribution in [0.5, 0.6) is 0 Å². The Kier molecular flexibility index (Phi) is 3.34. The highest BCUT2D eigenvalue weighted by atomic mass is 15.1.